The zero-order chi connectivity index (χ0) is 8.67. The molecule has 0 saturated carbocycles. The van der Waals surface area contributed by atoms with Gasteiger partial charge >= 0.3 is 0 Å². The number of rotatable bonds is 0. The molecule has 1 aromatic carbocycles. The molecular weight excluding hydrogens is 164 g/mol. The standard InChI is InChI=1S/C10H8N2O/c1-3-8-4-2-6-12-10(8)9(5-1)13-7-11-12/h1-5,7H,6H2. The van der Waals surface area contributed by atoms with Crippen LogP contribution in [0.1, 0.15) is 5.56 Å². The molecule has 0 aromatic heterocycles. The first-order valence-electron chi connectivity index (χ1n) is 4.21. The van der Waals surface area contributed by atoms with Gasteiger partial charge in [-0.15, -0.1) is 5.10 Å². The number of hydrogen-bond donors (Lipinski definition) is 0. The molecule has 0 N–H and O–H groups in total. The quantitative estimate of drug-likeness (QED) is 0.596. The van der Waals surface area contributed by atoms with Gasteiger partial charge < -0.3 is 4.74 Å². The number of ether oxygens (including phenoxy) is 1. The third kappa shape index (κ3) is 0.869. The Morgan fingerprint density at radius 3 is 3.38 bits per heavy atom. The molecule has 2 heterocycles. The molecule has 0 saturated heterocycles. The Morgan fingerprint density at radius 1 is 1.38 bits per heavy atom. The maximum absolute atomic E-state index is 5.30. The molecule has 0 spiro atoms. The van der Waals surface area contributed by atoms with E-state index < -0.39 is 0 Å². The van der Waals surface area contributed by atoms with E-state index in [-0.39, 0.29) is 0 Å². The highest BCUT2D eigenvalue weighted by Crippen LogP contribution is 2.36. The van der Waals surface area contributed by atoms with Crippen LogP contribution in [0.4, 0.5) is 5.69 Å². The van der Waals surface area contributed by atoms with Crippen molar-refractivity contribution in [1.82, 2.24) is 0 Å². The molecule has 3 heteroatoms. The average Bonchev–Trinajstić information content (AvgIpc) is 2.19. The van der Waals surface area contributed by atoms with Crippen LogP contribution in [-0.4, -0.2) is 12.9 Å². The summed E-state index contributed by atoms with van der Waals surface area (Å²) in [4.78, 5) is 0. The number of hydrogen-bond acceptors (Lipinski definition) is 3. The van der Waals surface area contributed by atoms with Crippen LogP contribution < -0.4 is 9.75 Å². The Hall–Kier alpha value is -1.77. The van der Waals surface area contributed by atoms with Crippen molar-refractivity contribution >= 4 is 18.2 Å². The maximum Gasteiger partial charge on any atom is 0.199 e. The van der Waals surface area contributed by atoms with E-state index in [1.165, 1.54) is 12.0 Å². The molecule has 64 valence electrons. The first-order chi connectivity index (χ1) is 6.45. The van der Waals surface area contributed by atoms with E-state index in [9.17, 15) is 0 Å². The molecule has 0 fully saturated rings. The van der Waals surface area contributed by atoms with E-state index in [2.05, 4.69) is 23.3 Å². The first kappa shape index (κ1) is 6.71. The molecule has 0 bridgehead atoms. The molecule has 1 aromatic rings. The summed E-state index contributed by atoms with van der Waals surface area (Å²) >= 11 is 0. The SMILES string of the molecule is C1=Cc2cccc3c2N(C1)N=CO3. The van der Waals surface area contributed by atoms with E-state index in [0.717, 1.165) is 18.0 Å². The van der Waals surface area contributed by atoms with Crippen LogP contribution in [0.25, 0.3) is 6.08 Å². The Labute approximate surface area is 75.9 Å². The monoisotopic (exact) mass is 172 g/mol. The molecule has 0 atom stereocenters. The fraction of sp³-hybridized carbons (Fsp3) is 0.100. The van der Waals surface area contributed by atoms with Crippen LogP contribution in [0, 0.1) is 0 Å². The minimum absolute atomic E-state index is 0.823. The van der Waals surface area contributed by atoms with E-state index in [0.29, 0.717) is 0 Å². The molecule has 3 nitrogen and oxygen atoms in total. The zero-order valence-electron chi connectivity index (χ0n) is 6.97. The second-order valence-corrected chi connectivity index (χ2v) is 3.02. The molecule has 2 aliphatic heterocycles. The van der Waals surface area contributed by atoms with E-state index >= 15 is 0 Å². The zero-order valence-corrected chi connectivity index (χ0v) is 6.97. The summed E-state index contributed by atoms with van der Waals surface area (Å²) < 4.78 is 5.30. The Kier molecular flexibility index (Phi) is 1.22. The van der Waals surface area contributed by atoms with Crippen LogP contribution in [-0.2, 0) is 0 Å². The second kappa shape index (κ2) is 2.36. The van der Waals surface area contributed by atoms with Gasteiger partial charge in [0.1, 0.15) is 5.69 Å². The molecule has 2 aliphatic rings. The van der Waals surface area contributed by atoms with Crippen LogP contribution in [0.2, 0.25) is 0 Å². The third-order valence-corrected chi connectivity index (χ3v) is 2.23. The summed E-state index contributed by atoms with van der Waals surface area (Å²) in [7, 11) is 0. The maximum atomic E-state index is 5.30. The highest BCUT2D eigenvalue weighted by Gasteiger charge is 2.19. The third-order valence-electron chi connectivity index (χ3n) is 2.23. The minimum atomic E-state index is 0.823. The summed E-state index contributed by atoms with van der Waals surface area (Å²) in [6.45, 7) is 0.823. The molecule has 13 heavy (non-hydrogen) atoms. The largest absolute Gasteiger partial charge is 0.442 e. The van der Waals surface area contributed by atoms with Gasteiger partial charge in [-0.2, -0.15) is 0 Å². The second-order valence-electron chi connectivity index (χ2n) is 3.02. The fourth-order valence-electron chi connectivity index (χ4n) is 1.66. The van der Waals surface area contributed by atoms with Gasteiger partial charge in [-0.25, -0.2) is 0 Å². The summed E-state index contributed by atoms with van der Waals surface area (Å²) in [5.41, 5.74) is 2.24. The van der Waals surface area contributed by atoms with Gasteiger partial charge in [-0.1, -0.05) is 24.3 Å². The molecule has 3 rings (SSSR count). The lowest BCUT2D eigenvalue weighted by Gasteiger charge is -2.27. The number of nitrogens with zero attached hydrogens (tertiary/aromatic N) is 2. The molecule has 0 radical (unpaired) electrons. The van der Waals surface area contributed by atoms with Gasteiger partial charge in [0.2, 0.25) is 0 Å². The fourth-order valence-corrected chi connectivity index (χ4v) is 1.66. The lowest BCUT2D eigenvalue weighted by atomic mass is 10.1. The number of para-hydroxylation sites is 1. The predicted octanol–water partition coefficient (Wildman–Crippen LogP) is 1.86. The average molecular weight is 172 g/mol. The van der Waals surface area contributed by atoms with Gasteiger partial charge in [0.05, 0.1) is 6.54 Å². The van der Waals surface area contributed by atoms with Crippen LogP contribution in [0.3, 0.4) is 0 Å². The van der Waals surface area contributed by atoms with Crippen LogP contribution in [0.5, 0.6) is 5.75 Å². The smallest absolute Gasteiger partial charge is 0.199 e. The van der Waals surface area contributed by atoms with Crippen molar-refractivity contribution in [3.05, 3.63) is 29.8 Å². The van der Waals surface area contributed by atoms with E-state index in [1.54, 1.807) is 0 Å². The summed E-state index contributed by atoms with van der Waals surface area (Å²) in [6, 6.07) is 6.00. The van der Waals surface area contributed by atoms with E-state index in [4.69, 9.17) is 4.74 Å². The Morgan fingerprint density at radius 2 is 2.38 bits per heavy atom. The van der Waals surface area contributed by atoms with Crippen molar-refractivity contribution in [2.45, 2.75) is 0 Å². The van der Waals surface area contributed by atoms with Gasteiger partial charge in [-0.05, 0) is 6.07 Å². The first-order valence-corrected chi connectivity index (χ1v) is 4.21. The summed E-state index contributed by atoms with van der Waals surface area (Å²) in [5, 5.41) is 6.07. The van der Waals surface area contributed by atoms with Crippen LogP contribution >= 0.6 is 0 Å². The van der Waals surface area contributed by atoms with Gasteiger partial charge in [-0.3, -0.25) is 5.01 Å². The Bertz CT molecular complexity index is 409. The normalized spacial score (nSPS) is 16.8. The van der Waals surface area contributed by atoms with Crippen molar-refractivity contribution < 1.29 is 4.74 Å². The molecule has 0 amide bonds. The highest BCUT2D eigenvalue weighted by molar-refractivity contribution is 5.80. The number of anilines is 1. The lowest BCUT2D eigenvalue weighted by Crippen LogP contribution is -2.24. The topological polar surface area (TPSA) is 24.8 Å². The number of hydrazone groups is 1. The van der Waals surface area contributed by atoms with Crippen molar-refractivity contribution in [3.63, 3.8) is 0 Å². The molecular formula is C10H8N2O. The molecule has 0 aliphatic carbocycles. The van der Waals surface area contributed by atoms with Gasteiger partial charge in [0.25, 0.3) is 0 Å². The van der Waals surface area contributed by atoms with Crippen molar-refractivity contribution in [1.29, 1.82) is 0 Å². The minimum Gasteiger partial charge on any atom is -0.442 e. The van der Waals surface area contributed by atoms with Gasteiger partial charge in [0.15, 0.2) is 12.2 Å². The predicted molar refractivity (Wildman–Crippen MR) is 51.9 cm³/mol. The Balaban J connectivity index is 2.29. The van der Waals surface area contributed by atoms with Gasteiger partial charge in [0, 0.05) is 5.56 Å². The summed E-state index contributed by atoms with van der Waals surface area (Å²) in [6.07, 6.45) is 5.67. The number of benzene rings is 1. The highest BCUT2D eigenvalue weighted by atomic mass is 16.5. The lowest BCUT2D eigenvalue weighted by molar-refractivity contribution is 0.551. The van der Waals surface area contributed by atoms with Crippen LogP contribution in [0.15, 0.2) is 29.4 Å². The van der Waals surface area contributed by atoms with E-state index in [1.807, 2.05) is 17.1 Å². The summed E-state index contributed by atoms with van der Waals surface area (Å²) in [5.74, 6) is 0.886. The van der Waals surface area contributed by atoms with Crippen molar-refractivity contribution in [2.75, 3.05) is 11.6 Å². The molecule has 0 unspecified atom stereocenters. The van der Waals surface area contributed by atoms with Crippen molar-refractivity contribution in [2.24, 2.45) is 5.10 Å². The van der Waals surface area contributed by atoms with Crippen molar-refractivity contribution in [3.8, 4) is 5.75 Å².